The molecule has 2 aromatic heterocycles. The molecule has 0 unspecified atom stereocenters. The summed E-state index contributed by atoms with van der Waals surface area (Å²) < 4.78 is 5.45. The van der Waals surface area contributed by atoms with E-state index >= 15 is 0 Å². The maximum absolute atomic E-state index is 14.0. The predicted octanol–water partition coefficient (Wildman–Crippen LogP) is 6.73. The molecule has 4 rings (SSSR count). The van der Waals surface area contributed by atoms with Crippen LogP contribution in [0.15, 0.2) is 77.8 Å². The summed E-state index contributed by atoms with van der Waals surface area (Å²) in [6, 6.07) is 17.0. The number of rotatable bonds is 20. The molecular weight excluding hydrogens is 709 g/mol. The van der Waals surface area contributed by atoms with Crippen LogP contribution in [0.3, 0.4) is 0 Å². The number of amides is 4. The minimum Gasteiger partial charge on any atom is -0.444 e. The van der Waals surface area contributed by atoms with Gasteiger partial charge in [0.05, 0.1) is 33.2 Å². The normalized spacial score (nSPS) is 13.6. The van der Waals surface area contributed by atoms with Crippen LogP contribution in [0.25, 0.3) is 0 Å². The third kappa shape index (κ3) is 13.9. The average Bonchev–Trinajstić information content (AvgIpc) is 3.85. The number of benzene rings is 2. The third-order valence-corrected chi connectivity index (χ3v) is 10.7. The van der Waals surface area contributed by atoms with Gasteiger partial charge in [0.1, 0.15) is 12.6 Å². The zero-order valence-corrected chi connectivity index (χ0v) is 33.0. The molecule has 2 heterocycles. The Labute approximate surface area is 321 Å². The van der Waals surface area contributed by atoms with Crippen molar-refractivity contribution >= 4 is 40.7 Å². The van der Waals surface area contributed by atoms with Crippen molar-refractivity contribution in [3.05, 3.63) is 104 Å². The number of nitrogens with zero attached hydrogens (tertiary/aromatic N) is 3. The molecule has 4 aromatic rings. The van der Waals surface area contributed by atoms with E-state index in [1.54, 1.807) is 27.9 Å². The molecule has 13 heteroatoms. The summed E-state index contributed by atoms with van der Waals surface area (Å²) in [7, 11) is 0. The van der Waals surface area contributed by atoms with Crippen molar-refractivity contribution in [3.8, 4) is 0 Å². The minimum atomic E-state index is -1.05. The Morgan fingerprint density at radius 2 is 1.57 bits per heavy atom. The lowest BCUT2D eigenvalue weighted by Crippen LogP contribution is -2.56. The van der Waals surface area contributed by atoms with E-state index in [0.29, 0.717) is 38.3 Å². The van der Waals surface area contributed by atoms with Gasteiger partial charge in [0, 0.05) is 43.0 Å². The van der Waals surface area contributed by atoms with Gasteiger partial charge < -0.3 is 30.7 Å². The van der Waals surface area contributed by atoms with Crippen LogP contribution < -0.4 is 16.0 Å². The molecule has 0 aliphatic carbocycles. The van der Waals surface area contributed by atoms with Crippen molar-refractivity contribution in [2.45, 2.75) is 103 Å². The summed E-state index contributed by atoms with van der Waals surface area (Å²) in [4.78, 5) is 51.9. The van der Waals surface area contributed by atoms with Crippen molar-refractivity contribution in [2.24, 2.45) is 5.92 Å². The molecule has 0 saturated carbocycles. The molecule has 0 radical (unpaired) electrons. The Kier molecular flexibility index (Phi) is 16.7. The summed E-state index contributed by atoms with van der Waals surface area (Å²) in [6.45, 7) is 11.1. The van der Waals surface area contributed by atoms with Gasteiger partial charge in [0.2, 0.25) is 5.91 Å². The number of nitrogens with one attached hydrogen (secondary N) is 3. The number of aliphatic hydroxyl groups is 1. The second-order valence-electron chi connectivity index (χ2n) is 13.9. The fourth-order valence-electron chi connectivity index (χ4n) is 5.93. The van der Waals surface area contributed by atoms with Gasteiger partial charge in [-0.1, -0.05) is 95.3 Å². The topological polar surface area (TPSA) is 146 Å². The highest BCUT2D eigenvalue weighted by atomic mass is 32.1. The third-order valence-electron chi connectivity index (χ3n) is 8.80. The number of carbonyl (C=O) groups excluding carboxylic acids is 3. The zero-order valence-electron chi connectivity index (χ0n) is 31.4. The van der Waals surface area contributed by atoms with Crippen molar-refractivity contribution in [1.82, 2.24) is 30.8 Å². The Morgan fingerprint density at radius 1 is 0.887 bits per heavy atom. The van der Waals surface area contributed by atoms with Gasteiger partial charge in [-0.05, 0) is 42.7 Å². The number of aliphatic hydroxyl groups excluding tert-OH is 1. The standard InChI is InChI=1S/C40H54N6O5S2/c1-6-18-46(19-17-31-25-52-38(43-31)28(4)5)39(49)45-36(27(2)3)37(48)42-32(20-29-13-9-7-10-14-29)22-35(47)34(21-30-15-11-8-12-16-30)44-40(50)51-24-33-23-41-26-53-33/h7-16,23,25-28,32,34-36,47H,6,17-22,24H2,1-5H3,(H,42,48)(H,44,50)(H,45,49)/t32-,34-,35-,36-/m0/s1. The van der Waals surface area contributed by atoms with Gasteiger partial charge in [-0.3, -0.25) is 9.78 Å². The van der Waals surface area contributed by atoms with Crippen molar-refractivity contribution in [3.63, 3.8) is 0 Å². The lowest BCUT2D eigenvalue weighted by atomic mass is 9.93. The van der Waals surface area contributed by atoms with Gasteiger partial charge in [-0.25, -0.2) is 14.6 Å². The molecule has 4 N–H and O–H groups in total. The molecule has 4 amide bonds. The predicted molar refractivity (Wildman–Crippen MR) is 211 cm³/mol. The Morgan fingerprint density at radius 3 is 2.15 bits per heavy atom. The number of alkyl carbamates (subject to hydrolysis) is 1. The van der Waals surface area contributed by atoms with Crippen LogP contribution in [0.2, 0.25) is 0 Å². The van der Waals surface area contributed by atoms with Crippen LogP contribution in [0.1, 0.15) is 80.1 Å². The lowest BCUT2D eigenvalue weighted by molar-refractivity contribution is -0.124. The summed E-state index contributed by atoms with van der Waals surface area (Å²) in [5.74, 6) is -0.198. The number of hydrogen-bond acceptors (Lipinski definition) is 9. The summed E-state index contributed by atoms with van der Waals surface area (Å²) in [6.07, 6.45) is 2.26. The quantitative estimate of drug-likeness (QED) is 0.0782. The SMILES string of the molecule is CCCN(CCc1csc(C(C)C)n1)C(=O)N[C@H](C(=O)N[C@@H](Cc1ccccc1)C[C@H](O)[C@H](Cc1ccccc1)NC(=O)OCc1cncs1)C(C)C. The first kappa shape index (κ1) is 41.4. The molecular formula is C40H54N6O5S2. The Bertz CT molecular complexity index is 1670. The van der Waals surface area contributed by atoms with Crippen molar-refractivity contribution in [1.29, 1.82) is 0 Å². The van der Waals surface area contributed by atoms with E-state index in [1.165, 1.54) is 11.3 Å². The second-order valence-corrected chi connectivity index (χ2v) is 15.8. The molecule has 4 atom stereocenters. The van der Waals surface area contributed by atoms with Gasteiger partial charge in [-0.15, -0.1) is 22.7 Å². The van der Waals surface area contributed by atoms with Crippen LogP contribution in [0, 0.1) is 5.92 Å². The Hall–Kier alpha value is -4.33. The maximum Gasteiger partial charge on any atom is 0.407 e. The van der Waals surface area contributed by atoms with Crippen LogP contribution in [0.4, 0.5) is 9.59 Å². The number of thiazole rings is 2. The van der Waals surface area contributed by atoms with Gasteiger partial charge in [0.15, 0.2) is 0 Å². The van der Waals surface area contributed by atoms with E-state index in [4.69, 9.17) is 9.72 Å². The minimum absolute atomic E-state index is 0.0687. The first-order valence-corrected chi connectivity index (χ1v) is 20.1. The number of hydrogen-bond donors (Lipinski definition) is 4. The summed E-state index contributed by atoms with van der Waals surface area (Å²) in [5, 5.41) is 23.9. The molecule has 0 aliphatic heterocycles. The van der Waals surface area contributed by atoms with Gasteiger partial charge in [-0.2, -0.15) is 0 Å². The first-order valence-electron chi connectivity index (χ1n) is 18.4. The number of carbonyl (C=O) groups is 3. The summed E-state index contributed by atoms with van der Waals surface area (Å²) in [5.41, 5.74) is 4.53. The maximum atomic E-state index is 14.0. The number of urea groups is 1. The van der Waals surface area contributed by atoms with E-state index in [0.717, 1.165) is 33.1 Å². The molecule has 0 fully saturated rings. The molecule has 11 nitrogen and oxygen atoms in total. The van der Waals surface area contributed by atoms with Crippen LogP contribution in [0.5, 0.6) is 0 Å². The van der Waals surface area contributed by atoms with Crippen LogP contribution in [-0.2, 0) is 35.4 Å². The molecule has 0 bridgehead atoms. The van der Waals surface area contributed by atoms with Gasteiger partial charge >= 0.3 is 12.1 Å². The number of ether oxygens (including phenoxy) is 1. The van der Waals surface area contributed by atoms with E-state index in [2.05, 4.69) is 40.2 Å². The largest absolute Gasteiger partial charge is 0.444 e. The molecule has 0 spiro atoms. The van der Waals surface area contributed by atoms with Crippen LogP contribution >= 0.6 is 22.7 Å². The highest BCUT2D eigenvalue weighted by Crippen LogP contribution is 2.20. The lowest BCUT2D eigenvalue weighted by Gasteiger charge is -2.31. The van der Waals surface area contributed by atoms with E-state index in [-0.39, 0.29) is 30.9 Å². The highest BCUT2D eigenvalue weighted by molar-refractivity contribution is 7.09. The second kappa shape index (κ2) is 21.4. The molecule has 0 saturated heterocycles. The van der Waals surface area contributed by atoms with Crippen LogP contribution in [-0.4, -0.2) is 75.3 Å². The van der Waals surface area contributed by atoms with Gasteiger partial charge in [0.25, 0.3) is 0 Å². The highest BCUT2D eigenvalue weighted by Gasteiger charge is 2.31. The smallest absolute Gasteiger partial charge is 0.407 e. The summed E-state index contributed by atoms with van der Waals surface area (Å²) >= 11 is 3.02. The molecule has 286 valence electrons. The monoisotopic (exact) mass is 762 g/mol. The number of aromatic nitrogens is 2. The first-order chi connectivity index (χ1) is 25.5. The zero-order chi connectivity index (χ0) is 38.2. The fourth-order valence-corrected chi connectivity index (χ4v) is 7.30. The molecule has 0 aliphatic rings. The van der Waals surface area contributed by atoms with Crippen molar-refractivity contribution < 1.29 is 24.2 Å². The average molecular weight is 763 g/mol. The van der Waals surface area contributed by atoms with E-state index < -0.39 is 30.3 Å². The van der Waals surface area contributed by atoms with E-state index in [1.807, 2.05) is 81.4 Å². The molecule has 53 heavy (non-hydrogen) atoms. The fraction of sp³-hybridized carbons (Fsp3) is 0.475. The van der Waals surface area contributed by atoms with Crippen molar-refractivity contribution in [2.75, 3.05) is 13.1 Å². The molecule has 2 aromatic carbocycles. The Balaban J connectivity index is 1.47. The van der Waals surface area contributed by atoms with E-state index in [9.17, 15) is 19.5 Å².